The standard InChI is InChI=1S/C11H12N4O/c12-9-7-14-11(15-8-9)16-6-4-10-3-1-2-5-13-10/h1-3,5,7-8H,4,6,12H2. The Kier molecular flexibility index (Phi) is 3.28. The molecule has 16 heavy (non-hydrogen) atoms. The molecule has 0 aliphatic rings. The lowest BCUT2D eigenvalue weighted by molar-refractivity contribution is 0.295. The Hall–Kier alpha value is -2.17. The third-order valence-electron chi connectivity index (χ3n) is 1.96. The summed E-state index contributed by atoms with van der Waals surface area (Å²) in [6, 6.07) is 6.12. The molecular formula is C11H12N4O. The summed E-state index contributed by atoms with van der Waals surface area (Å²) in [5.41, 5.74) is 6.97. The van der Waals surface area contributed by atoms with Gasteiger partial charge in [-0.1, -0.05) is 6.07 Å². The first-order chi connectivity index (χ1) is 7.84. The molecule has 2 aromatic rings. The summed E-state index contributed by atoms with van der Waals surface area (Å²) in [5, 5.41) is 0. The van der Waals surface area contributed by atoms with Crippen molar-refractivity contribution in [2.75, 3.05) is 12.3 Å². The number of anilines is 1. The van der Waals surface area contributed by atoms with Gasteiger partial charge in [0.2, 0.25) is 0 Å². The summed E-state index contributed by atoms with van der Waals surface area (Å²) < 4.78 is 5.35. The van der Waals surface area contributed by atoms with E-state index in [9.17, 15) is 0 Å². The van der Waals surface area contributed by atoms with Crippen molar-refractivity contribution in [2.45, 2.75) is 6.42 Å². The minimum atomic E-state index is 0.338. The molecule has 0 atom stereocenters. The maximum Gasteiger partial charge on any atom is 0.316 e. The number of hydrogen-bond acceptors (Lipinski definition) is 5. The minimum absolute atomic E-state index is 0.338. The van der Waals surface area contributed by atoms with E-state index in [0.717, 1.165) is 12.1 Å². The molecule has 0 bridgehead atoms. The predicted molar refractivity (Wildman–Crippen MR) is 59.9 cm³/mol. The van der Waals surface area contributed by atoms with E-state index in [4.69, 9.17) is 10.5 Å². The van der Waals surface area contributed by atoms with Crippen LogP contribution in [0.4, 0.5) is 5.69 Å². The number of rotatable bonds is 4. The van der Waals surface area contributed by atoms with Crippen LogP contribution in [0.1, 0.15) is 5.69 Å². The van der Waals surface area contributed by atoms with Crippen molar-refractivity contribution in [2.24, 2.45) is 0 Å². The molecule has 2 rings (SSSR count). The van der Waals surface area contributed by atoms with Gasteiger partial charge in [-0.2, -0.15) is 0 Å². The Morgan fingerprint density at radius 2 is 1.94 bits per heavy atom. The molecule has 0 saturated carbocycles. The molecule has 2 heterocycles. The Morgan fingerprint density at radius 3 is 2.62 bits per heavy atom. The van der Waals surface area contributed by atoms with Gasteiger partial charge >= 0.3 is 6.01 Å². The summed E-state index contributed by atoms with van der Waals surface area (Å²) in [7, 11) is 0. The fourth-order valence-electron chi connectivity index (χ4n) is 1.19. The van der Waals surface area contributed by atoms with Crippen LogP contribution >= 0.6 is 0 Å². The zero-order chi connectivity index (χ0) is 11.2. The fraction of sp³-hybridized carbons (Fsp3) is 0.182. The largest absolute Gasteiger partial charge is 0.463 e. The van der Waals surface area contributed by atoms with E-state index in [1.807, 2.05) is 18.2 Å². The maximum absolute atomic E-state index is 5.46. The number of nitrogens with two attached hydrogens (primary N) is 1. The topological polar surface area (TPSA) is 73.9 Å². The number of nitrogens with zero attached hydrogens (tertiary/aromatic N) is 3. The Morgan fingerprint density at radius 1 is 1.12 bits per heavy atom. The van der Waals surface area contributed by atoms with Crippen LogP contribution in [-0.4, -0.2) is 21.6 Å². The van der Waals surface area contributed by atoms with Gasteiger partial charge in [-0.05, 0) is 12.1 Å². The van der Waals surface area contributed by atoms with Gasteiger partial charge in [0.1, 0.15) is 0 Å². The first-order valence-electron chi connectivity index (χ1n) is 4.95. The molecule has 0 fully saturated rings. The van der Waals surface area contributed by atoms with Gasteiger partial charge in [0.25, 0.3) is 0 Å². The molecule has 0 spiro atoms. The van der Waals surface area contributed by atoms with Gasteiger partial charge in [0.05, 0.1) is 24.7 Å². The number of aromatic nitrogens is 3. The lowest BCUT2D eigenvalue weighted by atomic mass is 10.3. The molecule has 0 radical (unpaired) electrons. The van der Waals surface area contributed by atoms with E-state index < -0.39 is 0 Å². The summed E-state index contributed by atoms with van der Waals surface area (Å²) >= 11 is 0. The Labute approximate surface area is 93.3 Å². The fourth-order valence-corrected chi connectivity index (χ4v) is 1.19. The quantitative estimate of drug-likeness (QED) is 0.827. The highest BCUT2D eigenvalue weighted by Gasteiger charge is 1.98. The zero-order valence-corrected chi connectivity index (χ0v) is 8.71. The van der Waals surface area contributed by atoms with Crippen LogP contribution in [0.2, 0.25) is 0 Å². The molecule has 82 valence electrons. The van der Waals surface area contributed by atoms with Crippen LogP contribution in [0.25, 0.3) is 0 Å². The molecule has 0 unspecified atom stereocenters. The molecule has 5 heteroatoms. The number of nitrogen functional groups attached to an aromatic ring is 1. The average molecular weight is 216 g/mol. The van der Waals surface area contributed by atoms with Crippen molar-refractivity contribution in [3.63, 3.8) is 0 Å². The lowest BCUT2D eigenvalue weighted by Gasteiger charge is -2.03. The molecule has 2 aromatic heterocycles. The Balaban J connectivity index is 1.82. The van der Waals surface area contributed by atoms with Crippen molar-refractivity contribution in [3.8, 4) is 6.01 Å². The van der Waals surface area contributed by atoms with E-state index in [1.54, 1.807) is 6.20 Å². The van der Waals surface area contributed by atoms with E-state index in [-0.39, 0.29) is 0 Å². The predicted octanol–water partition coefficient (Wildman–Crippen LogP) is 1.08. The maximum atomic E-state index is 5.46. The second-order valence-electron chi connectivity index (χ2n) is 3.22. The molecule has 5 nitrogen and oxygen atoms in total. The number of pyridine rings is 1. The van der Waals surface area contributed by atoms with Crippen molar-refractivity contribution in [1.29, 1.82) is 0 Å². The van der Waals surface area contributed by atoms with Crippen LogP contribution in [0.3, 0.4) is 0 Å². The highest BCUT2D eigenvalue weighted by atomic mass is 16.5. The van der Waals surface area contributed by atoms with E-state index in [0.29, 0.717) is 18.3 Å². The lowest BCUT2D eigenvalue weighted by Crippen LogP contribution is -2.05. The van der Waals surface area contributed by atoms with Crippen molar-refractivity contribution in [1.82, 2.24) is 15.0 Å². The van der Waals surface area contributed by atoms with Crippen LogP contribution < -0.4 is 10.5 Å². The molecule has 0 amide bonds. The molecule has 0 saturated heterocycles. The van der Waals surface area contributed by atoms with E-state index in [1.165, 1.54) is 12.4 Å². The zero-order valence-electron chi connectivity index (χ0n) is 8.71. The minimum Gasteiger partial charge on any atom is -0.463 e. The van der Waals surface area contributed by atoms with Gasteiger partial charge in [-0.3, -0.25) is 4.98 Å². The van der Waals surface area contributed by atoms with Gasteiger partial charge in [0.15, 0.2) is 0 Å². The van der Waals surface area contributed by atoms with Gasteiger partial charge < -0.3 is 10.5 Å². The SMILES string of the molecule is Nc1cnc(OCCc2ccccn2)nc1. The summed E-state index contributed by atoms with van der Waals surface area (Å²) in [5.74, 6) is 0. The summed E-state index contributed by atoms with van der Waals surface area (Å²) in [6.45, 7) is 0.501. The van der Waals surface area contributed by atoms with Crippen LogP contribution in [-0.2, 0) is 6.42 Å². The highest BCUT2D eigenvalue weighted by molar-refractivity contribution is 5.30. The van der Waals surface area contributed by atoms with Crippen LogP contribution in [0.15, 0.2) is 36.8 Å². The summed E-state index contributed by atoms with van der Waals surface area (Å²) in [4.78, 5) is 12.0. The first kappa shape index (κ1) is 10.4. The van der Waals surface area contributed by atoms with Crippen molar-refractivity contribution in [3.05, 3.63) is 42.5 Å². The van der Waals surface area contributed by atoms with Crippen LogP contribution in [0.5, 0.6) is 6.01 Å². The third kappa shape index (κ3) is 2.91. The molecule has 0 aliphatic carbocycles. The smallest absolute Gasteiger partial charge is 0.316 e. The molecular weight excluding hydrogens is 204 g/mol. The molecule has 2 N–H and O–H groups in total. The number of ether oxygens (including phenoxy) is 1. The second kappa shape index (κ2) is 5.06. The molecule has 0 aliphatic heterocycles. The van der Waals surface area contributed by atoms with Gasteiger partial charge in [-0.25, -0.2) is 9.97 Å². The van der Waals surface area contributed by atoms with E-state index in [2.05, 4.69) is 15.0 Å². The second-order valence-corrected chi connectivity index (χ2v) is 3.22. The van der Waals surface area contributed by atoms with Crippen LogP contribution in [0, 0.1) is 0 Å². The van der Waals surface area contributed by atoms with E-state index >= 15 is 0 Å². The average Bonchev–Trinajstić information content (AvgIpc) is 2.33. The molecule has 0 aromatic carbocycles. The normalized spacial score (nSPS) is 10.0. The first-order valence-corrected chi connectivity index (χ1v) is 4.95. The third-order valence-corrected chi connectivity index (χ3v) is 1.96. The monoisotopic (exact) mass is 216 g/mol. The van der Waals surface area contributed by atoms with Gasteiger partial charge in [-0.15, -0.1) is 0 Å². The number of hydrogen-bond donors (Lipinski definition) is 1. The van der Waals surface area contributed by atoms with Gasteiger partial charge in [0, 0.05) is 18.3 Å². The highest BCUT2D eigenvalue weighted by Crippen LogP contribution is 2.04. The van der Waals surface area contributed by atoms with Crippen molar-refractivity contribution >= 4 is 5.69 Å². The Bertz CT molecular complexity index is 429. The van der Waals surface area contributed by atoms with Crippen molar-refractivity contribution < 1.29 is 4.74 Å². The summed E-state index contributed by atoms with van der Waals surface area (Å²) in [6.07, 6.45) is 5.52.